The predicted octanol–water partition coefficient (Wildman–Crippen LogP) is 3.37. The van der Waals surface area contributed by atoms with Gasteiger partial charge in [-0.1, -0.05) is 35.5 Å². The number of allylic oxidation sites excluding steroid dienone is 4. The van der Waals surface area contributed by atoms with Crippen molar-refractivity contribution in [2.75, 3.05) is 6.61 Å². The number of amides is 2. The normalized spacial score (nSPS) is 20.0. The van der Waals surface area contributed by atoms with Gasteiger partial charge in [-0.25, -0.2) is 4.39 Å². The van der Waals surface area contributed by atoms with E-state index in [9.17, 15) is 18.8 Å². The number of ether oxygens (including phenoxy) is 1. The molecule has 1 N–H and O–H groups in total. The first-order valence-electron chi connectivity index (χ1n) is 7.83. The number of Topliss-reactive ketones (excluding diaryl/α,β-unsaturated/α-hetero) is 1. The number of nitrogens with one attached hydrogen (secondary N) is 1. The summed E-state index contributed by atoms with van der Waals surface area (Å²) in [5.74, 6) is -0.314. The molecule has 1 heterocycles. The Hall–Kier alpha value is -2.41. The first kappa shape index (κ1) is 17.4. The van der Waals surface area contributed by atoms with Crippen LogP contribution in [0.3, 0.4) is 0 Å². The quantitative estimate of drug-likeness (QED) is 0.787. The highest BCUT2D eigenvalue weighted by Crippen LogP contribution is 2.29. The van der Waals surface area contributed by atoms with E-state index in [0.29, 0.717) is 25.0 Å². The Morgan fingerprint density at radius 2 is 2.12 bits per heavy atom. The average molecular weight is 361 g/mol. The number of thioether (sulfide) groups is 1. The Labute approximate surface area is 148 Å². The Kier molecular flexibility index (Phi) is 5.33. The molecule has 1 saturated heterocycles. The van der Waals surface area contributed by atoms with Crippen molar-refractivity contribution in [2.45, 2.75) is 24.5 Å². The van der Waals surface area contributed by atoms with Gasteiger partial charge in [0.25, 0.3) is 5.24 Å². The zero-order valence-electron chi connectivity index (χ0n) is 13.3. The van der Waals surface area contributed by atoms with Crippen LogP contribution in [0, 0.1) is 5.82 Å². The van der Waals surface area contributed by atoms with Crippen LogP contribution in [0.1, 0.15) is 29.6 Å². The third kappa shape index (κ3) is 4.57. The molecule has 2 aliphatic rings. The lowest BCUT2D eigenvalue weighted by molar-refractivity contribution is -0.118. The maximum Gasteiger partial charge on any atom is 0.286 e. The highest BCUT2D eigenvalue weighted by Gasteiger charge is 2.32. The highest BCUT2D eigenvalue weighted by molar-refractivity contribution is 8.15. The van der Waals surface area contributed by atoms with Crippen molar-refractivity contribution in [2.24, 2.45) is 0 Å². The molecule has 0 bridgehead atoms. The van der Waals surface area contributed by atoms with Crippen molar-refractivity contribution >= 4 is 28.7 Å². The summed E-state index contributed by atoms with van der Waals surface area (Å²) in [5, 5.41) is 1.60. The van der Waals surface area contributed by atoms with Gasteiger partial charge < -0.3 is 4.74 Å². The van der Waals surface area contributed by atoms with Crippen LogP contribution in [0.25, 0.3) is 0 Å². The molecule has 0 spiro atoms. The fraction of sp³-hybridized carbons (Fsp3) is 0.278. The largest absolute Gasteiger partial charge is 0.490 e. The number of imide groups is 1. The van der Waals surface area contributed by atoms with E-state index < -0.39 is 5.82 Å². The van der Waals surface area contributed by atoms with Crippen LogP contribution >= 0.6 is 11.8 Å². The predicted molar refractivity (Wildman–Crippen MR) is 91.6 cm³/mol. The average Bonchev–Trinajstić information content (AvgIpc) is 2.91. The fourth-order valence-electron chi connectivity index (χ4n) is 2.62. The number of carbonyl (C=O) groups is 3. The van der Waals surface area contributed by atoms with Crippen LogP contribution < -0.4 is 5.32 Å². The van der Waals surface area contributed by atoms with Gasteiger partial charge in [-0.05, 0) is 31.1 Å². The topological polar surface area (TPSA) is 72.5 Å². The summed E-state index contributed by atoms with van der Waals surface area (Å²) in [5.41, 5.74) is 1.34. The minimum atomic E-state index is -0.456. The van der Waals surface area contributed by atoms with Crippen molar-refractivity contribution in [1.82, 2.24) is 5.32 Å². The van der Waals surface area contributed by atoms with E-state index in [0.717, 1.165) is 17.3 Å². The molecule has 1 aliphatic carbocycles. The van der Waals surface area contributed by atoms with E-state index in [1.54, 1.807) is 12.1 Å². The second-order valence-electron chi connectivity index (χ2n) is 5.77. The maximum atomic E-state index is 13.1. The van der Waals surface area contributed by atoms with E-state index in [1.165, 1.54) is 18.2 Å². The van der Waals surface area contributed by atoms with Crippen LogP contribution in [-0.4, -0.2) is 28.8 Å². The van der Waals surface area contributed by atoms with Gasteiger partial charge in [0.1, 0.15) is 5.82 Å². The van der Waals surface area contributed by atoms with E-state index in [1.807, 2.05) is 6.08 Å². The molecule has 1 unspecified atom stereocenters. The van der Waals surface area contributed by atoms with Gasteiger partial charge >= 0.3 is 0 Å². The zero-order chi connectivity index (χ0) is 17.8. The first-order chi connectivity index (χ1) is 12.0. The maximum absolute atomic E-state index is 13.1. The van der Waals surface area contributed by atoms with Crippen LogP contribution in [0.2, 0.25) is 0 Å². The number of hydrogen-bond donors (Lipinski definition) is 1. The molecule has 3 rings (SSSR count). The number of benzene rings is 1. The van der Waals surface area contributed by atoms with Gasteiger partial charge in [-0.3, -0.25) is 19.7 Å². The summed E-state index contributed by atoms with van der Waals surface area (Å²) < 4.78 is 18.6. The first-order valence-corrected chi connectivity index (χ1v) is 8.71. The summed E-state index contributed by atoms with van der Waals surface area (Å²) in [6, 6.07) is 5.50. The van der Waals surface area contributed by atoms with E-state index >= 15 is 0 Å². The van der Waals surface area contributed by atoms with Crippen LogP contribution in [0.4, 0.5) is 9.18 Å². The molecule has 0 aromatic heterocycles. The minimum Gasteiger partial charge on any atom is -0.490 e. The second kappa shape index (κ2) is 7.65. The molecule has 2 amide bonds. The zero-order valence-corrected chi connectivity index (χ0v) is 14.1. The van der Waals surface area contributed by atoms with E-state index in [4.69, 9.17) is 4.74 Å². The number of carbonyl (C=O) groups excluding carboxylic acids is 3. The molecule has 25 heavy (non-hydrogen) atoms. The SMILES string of the molecule is O=C1NC(=O)C(CC2=CC=C(OCC(=O)c3cccc(F)c3)CC2)S1. The molecule has 1 aromatic carbocycles. The number of ketones is 1. The van der Waals surface area contributed by atoms with Gasteiger partial charge in [0.15, 0.2) is 12.4 Å². The van der Waals surface area contributed by atoms with Gasteiger partial charge in [0.05, 0.1) is 11.0 Å². The second-order valence-corrected chi connectivity index (χ2v) is 6.94. The van der Waals surface area contributed by atoms with Crippen molar-refractivity contribution in [3.63, 3.8) is 0 Å². The smallest absolute Gasteiger partial charge is 0.286 e. The standard InChI is InChI=1S/C18H16FNO4S/c19-13-3-1-2-12(9-13)15(21)10-24-14-6-4-11(5-7-14)8-16-17(22)20-18(23)25-16/h1-4,6,9,16H,5,7-8,10H2,(H,20,22,23). The Bertz CT molecular complexity index is 787. The van der Waals surface area contributed by atoms with Crippen molar-refractivity contribution in [1.29, 1.82) is 0 Å². The van der Waals surface area contributed by atoms with Crippen LogP contribution in [0.15, 0.2) is 47.7 Å². The molecule has 1 aromatic rings. The number of rotatable bonds is 6. The third-order valence-corrected chi connectivity index (χ3v) is 4.93. The lowest BCUT2D eigenvalue weighted by Crippen LogP contribution is -2.24. The summed E-state index contributed by atoms with van der Waals surface area (Å²) in [6.45, 7) is -0.145. The molecule has 130 valence electrons. The van der Waals surface area contributed by atoms with Gasteiger partial charge in [-0.2, -0.15) is 0 Å². The molecule has 0 saturated carbocycles. The third-order valence-electron chi connectivity index (χ3n) is 3.95. The lowest BCUT2D eigenvalue weighted by atomic mass is 9.99. The summed E-state index contributed by atoms with van der Waals surface area (Å²) in [6.07, 6.45) is 5.49. The van der Waals surface area contributed by atoms with Crippen LogP contribution in [-0.2, 0) is 9.53 Å². The molecule has 1 atom stereocenters. The molecule has 1 aliphatic heterocycles. The Morgan fingerprint density at radius 3 is 2.76 bits per heavy atom. The summed E-state index contributed by atoms with van der Waals surface area (Å²) >= 11 is 1.01. The summed E-state index contributed by atoms with van der Waals surface area (Å²) in [7, 11) is 0. The molecule has 0 radical (unpaired) electrons. The van der Waals surface area contributed by atoms with Crippen LogP contribution in [0.5, 0.6) is 0 Å². The highest BCUT2D eigenvalue weighted by atomic mass is 32.2. The fourth-order valence-corrected chi connectivity index (χ4v) is 3.50. The minimum absolute atomic E-state index is 0.145. The van der Waals surface area contributed by atoms with Gasteiger partial charge in [0.2, 0.25) is 5.91 Å². The number of hydrogen-bond acceptors (Lipinski definition) is 5. The molecule has 1 fully saturated rings. The molecule has 7 heteroatoms. The lowest BCUT2D eigenvalue weighted by Gasteiger charge is -2.16. The van der Waals surface area contributed by atoms with Crippen molar-refractivity contribution in [3.8, 4) is 0 Å². The van der Waals surface area contributed by atoms with Gasteiger partial charge in [0, 0.05) is 12.0 Å². The van der Waals surface area contributed by atoms with E-state index in [2.05, 4.69) is 5.32 Å². The number of halogens is 1. The van der Waals surface area contributed by atoms with E-state index in [-0.39, 0.29) is 34.3 Å². The monoisotopic (exact) mass is 361 g/mol. The summed E-state index contributed by atoms with van der Waals surface area (Å²) in [4.78, 5) is 34.7. The van der Waals surface area contributed by atoms with Crippen molar-refractivity contribution in [3.05, 3.63) is 59.1 Å². The van der Waals surface area contributed by atoms with Gasteiger partial charge in [-0.15, -0.1) is 0 Å². The molecule has 5 nitrogen and oxygen atoms in total. The Balaban J connectivity index is 1.52. The molecular formula is C18H16FNO4S. The molecular weight excluding hydrogens is 345 g/mol. The van der Waals surface area contributed by atoms with Crippen molar-refractivity contribution < 1.29 is 23.5 Å². The Morgan fingerprint density at radius 1 is 1.28 bits per heavy atom.